The maximum Gasteiger partial charge on any atom is 0.336 e. The van der Waals surface area contributed by atoms with Crippen LogP contribution in [-0.2, 0) is 13.0 Å². The molecule has 34 heavy (non-hydrogen) atoms. The first-order valence-corrected chi connectivity index (χ1v) is 11.7. The fourth-order valence-electron chi connectivity index (χ4n) is 3.94. The van der Waals surface area contributed by atoms with Crippen LogP contribution in [-0.4, -0.2) is 35.7 Å². The van der Waals surface area contributed by atoms with Crippen molar-refractivity contribution in [3.8, 4) is 22.5 Å². The van der Waals surface area contributed by atoms with Crippen LogP contribution in [0.4, 0.5) is 0 Å². The molecule has 0 saturated heterocycles. The van der Waals surface area contributed by atoms with Crippen LogP contribution in [0.1, 0.15) is 49.7 Å². The quantitative estimate of drug-likeness (QED) is 0.390. The molecule has 0 atom stereocenters. The maximum absolute atomic E-state index is 13.1. The summed E-state index contributed by atoms with van der Waals surface area (Å²) in [6, 6.07) is 15.8. The van der Waals surface area contributed by atoms with Crippen LogP contribution < -0.4 is 5.69 Å². The number of benzene rings is 2. The van der Waals surface area contributed by atoms with Crippen molar-refractivity contribution in [2.75, 3.05) is 0 Å². The third kappa shape index (κ3) is 4.72. The number of H-pyrrole nitrogens is 1. The third-order valence-electron chi connectivity index (χ3n) is 5.81. The zero-order valence-corrected chi connectivity index (χ0v) is 20.2. The van der Waals surface area contributed by atoms with Crippen LogP contribution in [0.15, 0.2) is 53.3 Å². The highest BCUT2D eigenvalue weighted by Gasteiger charge is 2.22. The summed E-state index contributed by atoms with van der Waals surface area (Å²) >= 11 is 6.53. The van der Waals surface area contributed by atoms with Gasteiger partial charge in [0.15, 0.2) is 0 Å². The lowest BCUT2D eigenvalue weighted by Gasteiger charge is -2.11. The Balaban J connectivity index is 1.67. The minimum absolute atomic E-state index is 0.210. The van der Waals surface area contributed by atoms with Crippen molar-refractivity contribution in [2.24, 2.45) is 5.92 Å². The summed E-state index contributed by atoms with van der Waals surface area (Å²) in [6.45, 7) is 6.30. The number of aromatic amines is 1. The van der Waals surface area contributed by atoms with Gasteiger partial charge in [-0.15, -0.1) is 10.2 Å². The zero-order valence-electron chi connectivity index (χ0n) is 19.5. The summed E-state index contributed by atoms with van der Waals surface area (Å²) in [4.78, 5) is 25.5. The summed E-state index contributed by atoms with van der Waals surface area (Å²) in [7, 11) is 0. The Bertz CT molecular complexity index is 1340. The van der Waals surface area contributed by atoms with Crippen molar-refractivity contribution in [2.45, 2.75) is 46.6 Å². The molecule has 4 rings (SSSR count). The number of hydrogen-bond acceptors (Lipinski definition) is 5. The standard InChI is InChI=1S/C25H27ClN6O2/c1-4-22(33)32-23(26)21(14-9-16(2)3)31(25(32)34)15-17-10-12-18(13-11-17)19-7-5-6-8-20(19)24-27-29-30-28-24/h5-8,10-13,16H,4,9,14-15H2,1-3H3,(H,27,28,29,30). The average Bonchev–Trinajstić information content (AvgIpc) is 3.45. The molecule has 0 aliphatic carbocycles. The Labute approximate surface area is 202 Å². The first-order valence-electron chi connectivity index (χ1n) is 11.4. The summed E-state index contributed by atoms with van der Waals surface area (Å²) in [6.07, 6.45) is 1.71. The highest BCUT2D eigenvalue weighted by Crippen LogP contribution is 2.30. The smallest absolute Gasteiger partial charge is 0.290 e. The average molecular weight is 479 g/mol. The SMILES string of the molecule is CCC(=O)n1c(Cl)c(CCC(C)C)n(Cc2ccc(-c3ccccc3-c3nn[nH]n3)cc2)c1=O. The summed E-state index contributed by atoms with van der Waals surface area (Å²) in [5.41, 5.74) is 4.10. The van der Waals surface area contributed by atoms with Crippen molar-refractivity contribution < 1.29 is 4.79 Å². The Kier molecular flexibility index (Phi) is 7.07. The molecular formula is C25H27ClN6O2. The van der Waals surface area contributed by atoms with E-state index >= 15 is 0 Å². The number of imidazole rings is 1. The largest absolute Gasteiger partial charge is 0.336 e. The number of halogens is 1. The predicted molar refractivity (Wildman–Crippen MR) is 132 cm³/mol. The number of nitrogens with one attached hydrogen (secondary N) is 1. The van der Waals surface area contributed by atoms with Gasteiger partial charge in [-0.05, 0) is 40.7 Å². The lowest BCUT2D eigenvalue weighted by Crippen LogP contribution is -2.29. The lowest BCUT2D eigenvalue weighted by molar-refractivity contribution is 0.0904. The van der Waals surface area contributed by atoms with E-state index in [1.807, 2.05) is 48.5 Å². The number of carbonyl (C=O) groups excluding carboxylic acids is 1. The number of rotatable bonds is 8. The Morgan fingerprint density at radius 1 is 1.09 bits per heavy atom. The highest BCUT2D eigenvalue weighted by molar-refractivity contribution is 6.31. The van der Waals surface area contributed by atoms with E-state index in [0.29, 0.717) is 30.4 Å². The van der Waals surface area contributed by atoms with E-state index < -0.39 is 0 Å². The Hall–Kier alpha value is -3.52. The van der Waals surface area contributed by atoms with Crippen LogP contribution in [0.5, 0.6) is 0 Å². The molecule has 0 fully saturated rings. The van der Waals surface area contributed by atoms with Gasteiger partial charge >= 0.3 is 5.69 Å². The summed E-state index contributed by atoms with van der Waals surface area (Å²) in [5, 5.41) is 14.6. The van der Waals surface area contributed by atoms with Crippen molar-refractivity contribution in [3.63, 3.8) is 0 Å². The van der Waals surface area contributed by atoms with E-state index in [9.17, 15) is 9.59 Å². The second-order valence-electron chi connectivity index (χ2n) is 8.60. The second-order valence-corrected chi connectivity index (χ2v) is 8.96. The number of tetrazole rings is 1. The summed E-state index contributed by atoms with van der Waals surface area (Å²) in [5.74, 6) is 0.675. The fraction of sp³-hybridized carbons (Fsp3) is 0.320. The molecule has 9 heteroatoms. The molecule has 0 radical (unpaired) electrons. The van der Waals surface area contributed by atoms with Crippen LogP contribution in [0.25, 0.3) is 22.5 Å². The normalized spacial score (nSPS) is 11.3. The van der Waals surface area contributed by atoms with Crippen LogP contribution in [0.2, 0.25) is 5.15 Å². The highest BCUT2D eigenvalue weighted by atomic mass is 35.5. The van der Waals surface area contributed by atoms with Crippen molar-refractivity contribution >= 4 is 17.5 Å². The molecule has 2 aromatic carbocycles. The maximum atomic E-state index is 13.1. The molecule has 0 aliphatic heterocycles. The zero-order chi connectivity index (χ0) is 24.2. The van der Waals surface area contributed by atoms with Gasteiger partial charge in [0.05, 0.1) is 12.2 Å². The van der Waals surface area contributed by atoms with Crippen molar-refractivity contribution in [1.29, 1.82) is 0 Å². The van der Waals surface area contributed by atoms with Crippen molar-refractivity contribution in [3.05, 3.63) is 75.4 Å². The minimum atomic E-state index is -0.387. The van der Waals surface area contributed by atoms with Crippen molar-refractivity contribution in [1.82, 2.24) is 29.8 Å². The molecule has 0 unspecified atom stereocenters. The molecule has 0 spiro atoms. The van der Waals surface area contributed by atoms with Gasteiger partial charge in [0.2, 0.25) is 11.7 Å². The first kappa shape index (κ1) is 23.6. The van der Waals surface area contributed by atoms with E-state index in [1.165, 1.54) is 0 Å². The van der Waals surface area contributed by atoms with Crippen LogP contribution in [0, 0.1) is 5.92 Å². The van der Waals surface area contributed by atoms with Gasteiger partial charge in [-0.25, -0.2) is 9.36 Å². The first-order chi connectivity index (χ1) is 16.4. The Morgan fingerprint density at radius 3 is 2.41 bits per heavy atom. The molecule has 176 valence electrons. The van der Waals surface area contributed by atoms with E-state index in [2.05, 4.69) is 34.5 Å². The molecule has 4 aromatic rings. The van der Waals surface area contributed by atoms with E-state index in [1.54, 1.807) is 11.5 Å². The molecule has 2 heterocycles. The molecule has 0 aliphatic rings. The van der Waals surface area contributed by atoms with E-state index in [4.69, 9.17) is 11.6 Å². The molecule has 0 saturated carbocycles. The van der Waals surface area contributed by atoms with Crippen LogP contribution in [0.3, 0.4) is 0 Å². The molecule has 2 aromatic heterocycles. The number of hydrogen-bond donors (Lipinski definition) is 1. The topological polar surface area (TPSA) is 98.5 Å². The number of nitrogens with zero attached hydrogens (tertiary/aromatic N) is 5. The lowest BCUT2D eigenvalue weighted by atomic mass is 9.98. The van der Waals surface area contributed by atoms with E-state index in [0.717, 1.165) is 33.2 Å². The number of carbonyl (C=O) groups is 1. The van der Waals surface area contributed by atoms with Gasteiger partial charge in [0.25, 0.3) is 0 Å². The number of aromatic nitrogens is 6. The van der Waals surface area contributed by atoms with Gasteiger partial charge in [-0.2, -0.15) is 5.21 Å². The molecule has 0 amide bonds. The molecule has 1 N–H and O–H groups in total. The third-order valence-corrected chi connectivity index (χ3v) is 6.20. The van der Waals surface area contributed by atoms with Gasteiger partial charge in [-0.1, -0.05) is 80.9 Å². The van der Waals surface area contributed by atoms with Gasteiger partial charge in [0, 0.05) is 12.0 Å². The minimum Gasteiger partial charge on any atom is -0.290 e. The van der Waals surface area contributed by atoms with Gasteiger partial charge in [-0.3, -0.25) is 9.36 Å². The predicted octanol–water partition coefficient (Wildman–Crippen LogP) is 4.84. The monoisotopic (exact) mass is 478 g/mol. The van der Waals surface area contributed by atoms with Crippen LogP contribution >= 0.6 is 11.6 Å². The fourth-order valence-corrected chi connectivity index (χ4v) is 4.30. The van der Waals surface area contributed by atoms with Gasteiger partial charge < -0.3 is 0 Å². The molecule has 0 bridgehead atoms. The molecular weight excluding hydrogens is 452 g/mol. The summed E-state index contributed by atoms with van der Waals surface area (Å²) < 4.78 is 2.73. The van der Waals surface area contributed by atoms with Gasteiger partial charge in [0.1, 0.15) is 5.15 Å². The van der Waals surface area contributed by atoms with E-state index in [-0.39, 0.29) is 23.2 Å². The second kappa shape index (κ2) is 10.2. The Morgan fingerprint density at radius 2 is 1.79 bits per heavy atom. The molecule has 8 nitrogen and oxygen atoms in total.